The van der Waals surface area contributed by atoms with Crippen LogP contribution >= 0.6 is 15.9 Å². The number of aromatic nitrogens is 3. The zero-order valence-corrected chi connectivity index (χ0v) is 12.6. The smallest absolute Gasteiger partial charge is 0.224 e. The van der Waals surface area contributed by atoms with Gasteiger partial charge in [-0.1, -0.05) is 15.9 Å². The van der Waals surface area contributed by atoms with Gasteiger partial charge in [0.2, 0.25) is 5.91 Å². The normalized spacial score (nSPS) is 11.9. The lowest BCUT2D eigenvalue weighted by Crippen LogP contribution is -2.28. The fourth-order valence-electron chi connectivity index (χ4n) is 1.60. The Bertz CT molecular complexity index is 542. The van der Waals surface area contributed by atoms with E-state index in [0.717, 1.165) is 10.2 Å². The number of amides is 1. The van der Waals surface area contributed by atoms with Crippen LogP contribution < -0.4 is 10.1 Å². The second-order valence-electron chi connectivity index (χ2n) is 4.21. The van der Waals surface area contributed by atoms with Crippen molar-refractivity contribution in [3.05, 3.63) is 40.9 Å². The predicted octanol–water partition coefficient (Wildman–Crippen LogP) is 2.21. The Morgan fingerprint density at radius 2 is 2.20 bits per heavy atom. The SMILES string of the molecule is CC(NC(=O)CCOc1ccc(Br)cc1)c1ncn[nH]1. The first kappa shape index (κ1) is 14.5. The van der Waals surface area contributed by atoms with Gasteiger partial charge in [-0.25, -0.2) is 4.98 Å². The maximum Gasteiger partial charge on any atom is 0.224 e. The van der Waals surface area contributed by atoms with Gasteiger partial charge in [0.1, 0.15) is 17.9 Å². The lowest BCUT2D eigenvalue weighted by molar-refractivity contribution is -0.122. The zero-order chi connectivity index (χ0) is 14.4. The summed E-state index contributed by atoms with van der Waals surface area (Å²) in [4.78, 5) is 15.7. The van der Waals surface area contributed by atoms with Gasteiger partial charge in [-0.05, 0) is 31.2 Å². The summed E-state index contributed by atoms with van der Waals surface area (Å²) < 4.78 is 6.48. The molecule has 0 saturated carbocycles. The molecule has 2 aromatic rings. The van der Waals surface area contributed by atoms with Gasteiger partial charge in [-0.3, -0.25) is 9.89 Å². The van der Waals surface area contributed by atoms with Gasteiger partial charge in [-0.15, -0.1) is 0 Å². The van der Waals surface area contributed by atoms with E-state index in [1.807, 2.05) is 31.2 Å². The van der Waals surface area contributed by atoms with Gasteiger partial charge in [-0.2, -0.15) is 5.10 Å². The van der Waals surface area contributed by atoms with Crippen LogP contribution in [0.15, 0.2) is 35.1 Å². The van der Waals surface area contributed by atoms with Crippen molar-refractivity contribution in [3.8, 4) is 5.75 Å². The highest BCUT2D eigenvalue weighted by Gasteiger charge is 2.11. The average Bonchev–Trinajstić information content (AvgIpc) is 2.95. The van der Waals surface area contributed by atoms with Crippen LogP contribution in [0.2, 0.25) is 0 Å². The topological polar surface area (TPSA) is 79.9 Å². The number of H-pyrrole nitrogens is 1. The molecule has 1 atom stereocenters. The average molecular weight is 339 g/mol. The third-order valence-corrected chi connectivity index (χ3v) is 3.16. The third kappa shape index (κ3) is 4.34. The van der Waals surface area contributed by atoms with Gasteiger partial charge >= 0.3 is 0 Å². The summed E-state index contributed by atoms with van der Waals surface area (Å²) in [5.41, 5.74) is 0. The third-order valence-electron chi connectivity index (χ3n) is 2.63. The van der Waals surface area contributed by atoms with Crippen LogP contribution in [0.5, 0.6) is 5.75 Å². The molecule has 0 spiro atoms. The number of carbonyl (C=O) groups excluding carboxylic acids is 1. The Morgan fingerprint density at radius 3 is 2.85 bits per heavy atom. The van der Waals surface area contributed by atoms with E-state index in [-0.39, 0.29) is 18.4 Å². The molecular formula is C13H15BrN4O2. The summed E-state index contributed by atoms with van der Waals surface area (Å²) >= 11 is 3.35. The second-order valence-corrected chi connectivity index (χ2v) is 5.13. The summed E-state index contributed by atoms with van der Waals surface area (Å²) in [6.07, 6.45) is 1.70. The Balaban J connectivity index is 1.71. The summed E-state index contributed by atoms with van der Waals surface area (Å²) in [6.45, 7) is 2.17. The first-order valence-corrected chi connectivity index (χ1v) is 6.97. The number of hydrogen-bond acceptors (Lipinski definition) is 4. The molecule has 0 fully saturated rings. The number of aromatic amines is 1. The molecule has 106 valence electrons. The Hall–Kier alpha value is -1.89. The molecule has 1 aromatic carbocycles. The fraction of sp³-hybridized carbons (Fsp3) is 0.308. The van der Waals surface area contributed by atoms with Crippen LogP contribution in [0.25, 0.3) is 0 Å². The predicted molar refractivity (Wildman–Crippen MR) is 77.2 cm³/mol. The molecule has 2 rings (SSSR count). The molecule has 0 saturated heterocycles. The molecule has 1 amide bonds. The van der Waals surface area contributed by atoms with E-state index in [0.29, 0.717) is 12.4 Å². The first-order chi connectivity index (χ1) is 9.65. The Labute approximate surface area is 125 Å². The van der Waals surface area contributed by atoms with Crippen LogP contribution in [0.3, 0.4) is 0 Å². The maximum atomic E-state index is 11.7. The number of carbonyl (C=O) groups is 1. The van der Waals surface area contributed by atoms with Crippen LogP contribution in [0.1, 0.15) is 25.2 Å². The molecule has 0 bridgehead atoms. The van der Waals surface area contributed by atoms with Crippen molar-refractivity contribution in [1.82, 2.24) is 20.5 Å². The van der Waals surface area contributed by atoms with Crippen molar-refractivity contribution in [2.75, 3.05) is 6.61 Å². The van der Waals surface area contributed by atoms with Crippen molar-refractivity contribution in [1.29, 1.82) is 0 Å². The molecule has 20 heavy (non-hydrogen) atoms. The number of hydrogen-bond donors (Lipinski definition) is 2. The van der Waals surface area contributed by atoms with Crippen molar-refractivity contribution < 1.29 is 9.53 Å². The number of halogens is 1. The summed E-state index contributed by atoms with van der Waals surface area (Å²) in [7, 11) is 0. The monoisotopic (exact) mass is 338 g/mol. The number of rotatable bonds is 6. The first-order valence-electron chi connectivity index (χ1n) is 6.18. The van der Waals surface area contributed by atoms with Crippen LogP contribution in [0.4, 0.5) is 0 Å². The summed E-state index contributed by atoms with van der Waals surface area (Å²) in [5.74, 6) is 1.28. The van der Waals surface area contributed by atoms with Gasteiger partial charge in [0.25, 0.3) is 0 Å². The Kier molecular flexibility index (Phi) is 5.11. The molecule has 1 aromatic heterocycles. The second kappa shape index (κ2) is 7.04. The standard InChI is InChI=1S/C13H15BrN4O2/c1-9(13-15-8-16-18-13)17-12(19)6-7-20-11-4-2-10(14)3-5-11/h2-5,8-9H,6-7H2,1H3,(H,17,19)(H,15,16,18). The van der Waals surface area contributed by atoms with Crippen LogP contribution in [-0.4, -0.2) is 27.7 Å². The number of benzene rings is 1. The Morgan fingerprint density at radius 1 is 1.45 bits per heavy atom. The van der Waals surface area contributed by atoms with Gasteiger partial charge in [0.15, 0.2) is 0 Å². The lowest BCUT2D eigenvalue weighted by Gasteiger charge is -2.11. The summed E-state index contributed by atoms with van der Waals surface area (Å²) in [5, 5.41) is 9.28. The molecular weight excluding hydrogens is 324 g/mol. The molecule has 6 nitrogen and oxygen atoms in total. The number of ether oxygens (including phenoxy) is 1. The molecule has 0 aliphatic heterocycles. The van der Waals surface area contributed by atoms with Crippen LogP contribution in [0, 0.1) is 0 Å². The summed E-state index contributed by atoms with van der Waals surface area (Å²) in [6, 6.07) is 7.28. The van der Waals surface area contributed by atoms with E-state index in [1.165, 1.54) is 6.33 Å². The van der Waals surface area contributed by atoms with E-state index in [4.69, 9.17) is 4.74 Å². The lowest BCUT2D eigenvalue weighted by atomic mass is 10.3. The van der Waals surface area contributed by atoms with Gasteiger partial charge in [0, 0.05) is 4.47 Å². The minimum Gasteiger partial charge on any atom is -0.493 e. The number of nitrogens with one attached hydrogen (secondary N) is 2. The van der Waals surface area contributed by atoms with E-state index >= 15 is 0 Å². The van der Waals surface area contributed by atoms with Crippen molar-refractivity contribution >= 4 is 21.8 Å². The molecule has 0 radical (unpaired) electrons. The molecule has 2 N–H and O–H groups in total. The molecule has 1 unspecified atom stereocenters. The van der Waals surface area contributed by atoms with E-state index in [1.54, 1.807) is 0 Å². The van der Waals surface area contributed by atoms with E-state index in [9.17, 15) is 4.79 Å². The van der Waals surface area contributed by atoms with Gasteiger partial charge in [0.05, 0.1) is 19.1 Å². The van der Waals surface area contributed by atoms with Crippen molar-refractivity contribution in [2.45, 2.75) is 19.4 Å². The van der Waals surface area contributed by atoms with Crippen molar-refractivity contribution in [3.63, 3.8) is 0 Å². The highest BCUT2D eigenvalue weighted by atomic mass is 79.9. The highest BCUT2D eigenvalue weighted by molar-refractivity contribution is 9.10. The quantitative estimate of drug-likeness (QED) is 0.846. The highest BCUT2D eigenvalue weighted by Crippen LogP contribution is 2.16. The molecule has 1 heterocycles. The zero-order valence-electron chi connectivity index (χ0n) is 11.0. The van der Waals surface area contributed by atoms with Gasteiger partial charge < -0.3 is 10.1 Å². The molecule has 0 aliphatic carbocycles. The molecule has 0 aliphatic rings. The maximum absolute atomic E-state index is 11.7. The van der Waals surface area contributed by atoms with Crippen LogP contribution in [-0.2, 0) is 4.79 Å². The number of nitrogens with zero attached hydrogens (tertiary/aromatic N) is 2. The largest absolute Gasteiger partial charge is 0.493 e. The van der Waals surface area contributed by atoms with E-state index in [2.05, 4.69) is 36.4 Å². The minimum absolute atomic E-state index is 0.0917. The molecule has 7 heteroatoms. The fourth-order valence-corrected chi connectivity index (χ4v) is 1.86. The van der Waals surface area contributed by atoms with Crippen molar-refractivity contribution in [2.24, 2.45) is 0 Å². The van der Waals surface area contributed by atoms with E-state index < -0.39 is 0 Å². The minimum atomic E-state index is -0.197.